The number of ether oxygens (including phenoxy) is 4. The van der Waals surface area contributed by atoms with Crippen LogP contribution in [0.3, 0.4) is 0 Å². The number of thiazole rings is 4. The topological polar surface area (TPSA) is 455 Å². The summed E-state index contributed by atoms with van der Waals surface area (Å²) >= 11 is 5.22. The number of nitrogens with zero attached hydrogens (tertiary/aromatic N) is 12. The Hall–Kier alpha value is -15.3. The SMILES string of the molecule is CC(=O)Nc1nc2c(Oc3cc(-c4ccc(C(F)(F)F)cc4)ncn3)cccc2s1.CC(=O)Nc1nc2c(Oc3cc(-c4ccc(C(F)(F)F)cc4)ncn3)cccc2s1.CC(=O)Nc1nc2c(Oc3cc(-c4ccc(C(F)(F)F)cc4)ncn3)cccc2s1.CC(=O)Nc1nc2c(Oc3cc(-c4ccc(C(F)(F)F)cc4)ncn3)cccc2s1.O.O=C(O)CO.O=C(O)CO. The van der Waals surface area contributed by atoms with Gasteiger partial charge in [-0.2, -0.15) is 52.7 Å². The van der Waals surface area contributed by atoms with E-state index in [9.17, 15) is 71.9 Å². The predicted molar refractivity (Wildman–Crippen MR) is 459 cm³/mol. The van der Waals surface area contributed by atoms with Crippen molar-refractivity contribution >= 4 is 142 Å². The van der Waals surface area contributed by atoms with Gasteiger partial charge in [-0.1, -0.05) is 118 Å². The molecule has 676 valence electrons. The molecule has 16 rings (SSSR count). The molecule has 16 aromatic rings. The number of carbonyl (C=O) groups is 6. The van der Waals surface area contributed by atoms with Crippen molar-refractivity contribution in [1.82, 2.24) is 59.8 Å². The van der Waals surface area contributed by atoms with Gasteiger partial charge in [-0.3, -0.25) is 19.2 Å². The van der Waals surface area contributed by atoms with E-state index < -0.39 is 72.1 Å². The number of halogens is 12. The zero-order valence-corrected chi connectivity index (χ0v) is 70.4. The van der Waals surface area contributed by atoms with Crippen molar-refractivity contribution in [1.29, 1.82) is 0 Å². The van der Waals surface area contributed by atoms with Crippen LogP contribution in [-0.2, 0) is 53.5 Å². The molecule has 0 bridgehead atoms. The van der Waals surface area contributed by atoms with Crippen LogP contribution in [0.2, 0.25) is 0 Å². The van der Waals surface area contributed by atoms with Gasteiger partial charge in [-0.05, 0) is 97.1 Å². The van der Waals surface area contributed by atoms with E-state index in [1.807, 2.05) is 24.3 Å². The molecule has 0 aliphatic rings. The number of rotatable bonds is 18. The summed E-state index contributed by atoms with van der Waals surface area (Å²) in [5.74, 6) is -0.741. The van der Waals surface area contributed by atoms with Gasteiger partial charge in [-0.15, -0.1) is 0 Å². The van der Waals surface area contributed by atoms with Crippen LogP contribution in [0.15, 0.2) is 219 Å². The maximum Gasteiger partial charge on any atom is 0.416 e. The van der Waals surface area contributed by atoms with Gasteiger partial charge < -0.3 is 66.1 Å². The second-order valence-corrected chi connectivity index (χ2v) is 30.1. The van der Waals surface area contributed by atoms with Gasteiger partial charge in [0.1, 0.15) is 60.6 Å². The number of hydrogen-bond donors (Lipinski definition) is 8. The Bertz CT molecular complexity index is 5950. The highest BCUT2D eigenvalue weighted by Crippen LogP contribution is 2.42. The van der Waals surface area contributed by atoms with Crippen molar-refractivity contribution < 1.29 is 126 Å². The number of para-hydroxylation sites is 4. The molecule has 0 aliphatic heterocycles. The molecule has 8 aromatic carbocycles. The lowest BCUT2D eigenvalue weighted by molar-refractivity contribution is -0.141. The second kappa shape index (κ2) is 43.5. The van der Waals surface area contributed by atoms with Gasteiger partial charge in [0, 0.05) is 74.2 Å². The van der Waals surface area contributed by atoms with E-state index in [2.05, 4.69) is 81.1 Å². The molecule has 47 heteroatoms. The highest BCUT2D eigenvalue weighted by atomic mass is 32.1. The smallest absolute Gasteiger partial charge is 0.416 e. The normalized spacial score (nSPS) is 11.1. The number of amides is 4. The Balaban J connectivity index is 0.000000174. The molecule has 8 aromatic heterocycles. The summed E-state index contributed by atoms with van der Waals surface area (Å²) in [6.45, 7) is 4.03. The average Bonchev–Trinajstić information content (AvgIpc) is 1.59. The van der Waals surface area contributed by atoms with Crippen LogP contribution >= 0.6 is 45.3 Å². The minimum atomic E-state index is -4.40. The van der Waals surface area contributed by atoms with Crippen LogP contribution in [0.25, 0.3) is 85.9 Å². The summed E-state index contributed by atoms with van der Waals surface area (Å²) in [7, 11) is 0. The maximum absolute atomic E-state index is 12.8. The molecule has 0 fully saturated rings. The number of carboxylic acids is 2. The number of benzene rings is 8. The Morgan fingerprint density at radius 2 is 0.489 bits per heavy atom. The lowest BCUT2D eigenvalue weighted by Crippen LogP contribution is -2.04. The standard InChI is InChI=1S/4C20H13F3N4O2S.2C2H4O3.H2O/c4*1-11(28)26-19-27-18-15(3-2-4-16(18)30-19)29-17-9-14(24-10-25-17)12-5-7-13(8-6-12)20(21,22)23;2*3-1-2(4)5;/h4*2-10H,1H3,(H,26,27,28);2*3H,1H2,(H,4,5);1H2. The van der Waals surface area contributed by atoms with E-state index in [1.54, 1.807) is 48.5 Å². The number of aromatic nitrogens is 12. The molecule has 0 radical (unpaired) electrons. The van der Waals surface area contributed by atoms with Crippen molar-refractivity contribution in [3.63, 3.8) is 0 Å². The molecule has 8 heterocycles. The zero-order valence-electron chi connectivity index (χ0n) is 67.1. The van der Waals surface area contributed by atoms with Crippen LogP contribution in [0.4, 0.5) is 73.2 Å². The van der Waals surface area contributed by atoms with Crippen molar-refractivity contribution in [2.75, 3.05) is 34.5 Å². The Morgan fingerprint density at radius 3 is 0.649 bits per heavy atom. The molecule has 131 heavy (non-hydrogen) atoms. The third-order valence-electron chi connectivity index (χ3n) is 16.4. The molecule has 4 amide bonds. The van der Waals surface area contributed by atoms with Gasteiger partial charge in [0.05, 0.1) is 63.8 Å². The fraction of sp³-hybridized carbons (Fsp3) is 0.119. The van der Waals surface area contributed by atoms with Crippen molar-refractivity contribution in [3.8, 4) is 91.5 Å². The maximum atomic E-state index is 12.8. The van der Waals surface area contributed by atoms with E-state index >= 15 is 0 Å². The first kappa shape index (κ1) is 97.9. The predicted octanol–water partition coefficient (Wildman–Crippen LogP) is 19.4. The first-order valence-corrected chi connectivity index (χ1v) is 40.0. The summed E-state index contributed by atoms with van der Waals surface area (Å²) in [5.41, 5.74) is 2.93. The quantitative estimate of drug-likeness (QED) is 0.0370. The van der Waals surface area contributed by atoms with Crippen molar-refractivity contribution in [3.05, 3.63) is 242 Å². The number of fused-ring (bicyclic) bond motifs is 4. The first-order chi connectivity index (χ1) is 61.7. The van der Waals surface area contributed by atoms with Gasteiger partial charge in [0.15, 0.2) is 43.5 Å². The minimum Gasteiger partial charge on any atom is -0.480 e. The van der Waals surface area contributed by atoms with E-state index in [0.29, 0.717) is 111 Å². The van der Waals surface area contributed by atoms with E-state index in [4.69, 9.17) is 49.0 Å². The fourth-order valence-corrected chi connectivity index (χ4v) is 14.5. The number of aliphatic hydroxyl groups excluding tert-OH is 2. The number of alkyl halides is 12. The molecule has 10 N–H and O–H groups in total. The highest BCUT2D eigenvalue weighted by molar-refractivity contribution is 7.23. The number of carbonyl (C=O) groups excluding carboxylic acids is 4. The lowest BCUT2D eigenvalue weighted by atomic mass is 10.1. The monoisotopic (exact) mass is 1890 g/mol. The van der Waals surface area contributed by atoms with Crippen LogP contribution in [0.5, 0.6) is 46.5 Å². The van der Waals surface area contributed by atoms with E-state index in [1.165, 1.54) is 171 Å². The number of aliphatic carboxylic acids is 2. The molecule has 0 saturated heterocycles. The summed E-state index contributed by atoms with van der Waals surface area (Å²) in [4.78, 5) is 113. The number of nitrogens with one attached hydrogen (secondary N) is 4. The molecule has 0 saturated carbocycles. The minimum absolute atomic E-state index is 0. The van der Waals surface area contributed by atoms with E-state index in [0.717, 1.165) is 67.3 Å². The van der Waals surface area contributed by atoms with Gasteiger partial charge in [-0.25, -0.2) is 69.4 Å². The summed E-state index contributed by atoms with van der Waals surface area (Å²) < 4.78 is 180. The largest absolute Gasteiger partial charge is 0.480 e. The Kier molecular flexibility index (Phi) is 32.5. The summed E-state index contributed by atoms with van der Waals surface area (Å²) in [6.07, 6.45) is -12.5. The third-order valence-corrected chi connectivity index (χ3v) is 20.1. The van der Waals surface area contributed by atoms with Crippen LogP contribution in [0, 0.1) is 0 Å². The van der Waals surface area contributed by atoms with Crippen molar-refractivity contribution in [2.24, 2.45) is 0 Å². The first-order valence-electron chi connectivity index (χ1n) is 36.8. The molecular weight excluding hydrogens is 1830 g/mol. The molecule has 0 atom stereocenters. The van der Waals surface area contributed by atoms with Crippen LogP contribution in [0.1, 0.15) is 49.9 Å². The van der Waals surface area contributed by atoms with Crippen molar-refractivity contribution in [2.45, 2.75) is 52.4 Å². The van der Waals surface area contributed by atoms with Gasteiger partial charge in [0.2, 0.25) is 47.1 Å². The van der Waals surface area contributed by atoms with Gasteiger partial charge in [0.25, 0.3) is 0 Å². The van der Waals surface area contributed by atoms with Crippen LogP contribution < -0.4 is 40.2 Å². The summed E-state index contributed by atoms with van der Waals surface area (Å²) in [5, 5.41) is 42.4. The number of carboxylic acid groups (broad SMARTS) is 2. The second-order valence-electron chi connectivity index (χ2n) is 26.0. The highest BCUT2D eigenvalue weighted by Gasteiger charge is 2.33. The average molecular weight is 1890 g/mol. The fourth-order valence-electron chi connectivity index (χ4n) is 10.8. The zero-order chi connectivity index (χ0) is 93.8. The third kappa shape index (κ3) is 27.9. The molecular formula is C84H62F12N16O15S4. The number of anilines is 4. The molecule has 0 unspecified atom stereocenters. The molecule has 0 spiro atoms. The van der Waals surface area contributed by atoms with Gasteiger partial charge >= 0.3 is 36.6 Å². The lowest BCUT2D eigenvalue weighted by Gasteiger charge is -2.09. The molecule has 31 nitrogen and oxygen atoms in total. The van der Waals surface area contributed by atoms with Crippen LogP contribution in [-0.4, -0.2) is 134 Å². The molecule has 0 aliphatic carbocycles. The van der Waals surface area contributed by atoms with E-state index in [-0.39, 0.29) is 52.6 Å². The number of hydrogen-bond acceptors (Lipinski definition) is 28. The Labute approximate surface area is 744 Å². The summed E-state index contributed by atoms with van der Waals surface area (Å²) in [6, 6.07) is 46.2. The number of aliphatic hydroxyl groups is 2. The Morgan fingerprint density at radius 1 is 0.305 bits per heavy atom.